The number of benzene rings is 1. The van der Waals surface area contributed by atoms with Gasteiger partial charge in [-0.1, -0.05) is 6.92 Å². The fourth-order valence-electron chi connectivity index (χ4n) is 3.22. The van der Waals surface area contributed by atoms with Crippen molar-refractivity contribution < 1.29 is 19.4 Å². The van der Waals surface area contributed by atoms with Crippen molar-refractivity contribution in [1.29, 1.82) is 0 Å². The third-order valence-electron chi connectivity index (χ3n) is 4.75. The fraction of sp³-hybridized carbons (Fsp3) is 0.600. The Morgan fingerprint density at radius 1 is 1.36 bits per heavy atom. The van der Waals surface area contributed by atoms with Gasteiger partial charge in [-0.15, -0.1) is 0 Å². The second-order valence-electron chi connectivity index (χ2n) is 6.67. The summed E-state index contributed by atoms with van der Waals surface area (Å²) in [6.07, 6.45) is 0.569. The highest BCUT2D eigenvalue weighted by Crippen LogP contribution is 2.29. The molecule has 0 radical (unpaired) electrons. The van der Waals surface area contributed by atoms with Gasteiger partial charge in [0.25, 0.3) is 0 Å². The van der Waals surface area contributed by atoms with E-state index in [1.165, 1.54) is 0 Å². The van der Waals surface area contributed by atoms with Crippen molar-refractivity contribution in [2.45, 2.75) is 38.8 Å². The number of hydrogen-bond donors (Lipinski definition) is 3. The van der Waals surface area contributed by atoms with Crippen molar-refractivity contribution in [3.8, 4) is 11.5 Å². The molecular weight excluding hydrogens is 360 g/mol. The van der Waals surface area contributed by atoms with E-state index in [1.54, 1.807) is 32.4 Å². The molecule has 0 aliphatic carbocycles. The molecule has 8 heteroatoms. The van der Waals surface area contributed by atoms with Crippen molar-refractivity contribution in [1.82, 2.24) is 15.5 Å². The average Bonchev–Trinajstić information content (AvgIpc) is 3.19. The van der Waals surface area contributed by atoms with Gasteiger partial charge >= 0.3 is 0 Å². The number of aliphatic imine (C=N–C) groups is 1. The fourth-order valence-corrected chi connectivity index (χ4v) is 3.22. The zero-order chi connectivity index (χ0) is 20.5. The number of aliphatic hydroxyl groups excluding tert-OH is 1. The van der Waals surface area contributed by atoms with E-state index in [0.717, 1.165) is 13.0 Å². The van der Waals surface area contributed by atoms with Gasteiger partial charge in [-0.05, 0) is 31.5 Å². The summed E-state index contributed by atoms with van der Waals surface area (Å²) in [5, 5.41) is 17.2. The third kappa shape index (κ3) is 5.76. The molecule has 2 rings (SSSR count). The molecule has 2 unspecified atom stereocenters. The predicted molar refractivity (Wildman–Crippen MR) is 109 cm³/mol. The topological polar surface area (TPSA) is 95.4 Å². The first kappa shape index (κ1) is 21.8. The molecule has 1 saturated heterocycles. The number of likely N-dealkylation sites (tertiary alicyclic amines) is 1. The molecule has 28 heavy (non-hydrogen) atoms. The van der Waals surface area contributed by atoms with E-state index in [-0.39, 0.29) is 18.5 Å². The van der Waals surface area contributed by atoms with Crippen molar-refractivity contribution in [2.75, 3.05) is 40.4 Å². The van der Waals surface area contributed by atoms with Crippen LogP contribution >= 0.6 is 0 Å². The number of carbonyl (C=O) groups is 1. The van der Waals surface area contributed by atoms with Gasteiger partial charge in [-0.2, -0.15) is 0 Å². The first-order valence-corrected chi connectivity index (χ1v) is 9.74. The maximum absolute atomic E-state index is 11.9. The number of guanidine groups is 1. The summed E-state index contributed by atoms with van der Waals surface area (Å²) in [6.45, 7) is 6.16. The van der Waals surface area contributed by atoms with Gasteiger partial charge < -0.3 is 30.1 Å². The maximum atomic E-state index is 11.9. The molecular formula is C20H32N4O4. The summed E-state index contributed by atoms with van der Waals surface area (Å²) in [4.78, 5) is 18.2. The number of aliphatic hydroxyl groups is 1. The monoisotopic (exact) mass is 392 g/mol. The zero-order valence-corrected chi connectivity index (χ0v) is 17.2. The van der Waals surface area contributed by atoms with E-state index in [0.29, 0.717) is 42.5 Å². The second kappa shape index (κ2) is 10.8. The van der Waals surface area contributed by atoms with E-state index in [2.05, 4.69) is 15.6 Å². The maximum Gasteiger partial charge on any atom is 0.222 e. The zero-order valence-electron chi connectivity index (χ0n) is 17.2. The number of amides is 1. The number of hydrogen-bond acceptors (Lipinski definition) is 5. The molecule has 1 aromatic rings. The number of nitrogens with zero attached hydrogens (tertiary/aromatic N) is 2. The van der Waals surface area contributed by atoms with Crippen molar-refractivity contribution in [2.24, 2.45) is 4.99 Å². The molecule has 1 fully saturated rings. The van der Waals surface area contributed by atoms with Gasteiger partial charge in [0.1, 0.15) is 17.6 Å². The van der Waals surface area contributed by atoms with Crippen LogP contribution in [0.25, 0.3) is 0 Å². The molecule has 156 valence electrons. The van der Waals surface area contributed by atoms with E-state index in [4.69, 9.17) is 9.47 Å². The van der Waals surface area contributed by atoms with Crippen LogP contribution in [0.1, 0.15) is 38.4 Å². The summed E-state index contributed by atoms with van der Waals surface area (Å²) in [6, 6.07) is 5.46. The van der Waals surface area contributed by atoms with Crippen LogP contribution in [0.5, 0.6) is 11.5 Å². The second-order valence-corrected chi connectivity index (χ2v) is 6.67. The van der Waals surface area contributed by atoms with E-state index in [9.17, 15) is 9.90 Å². The normalized spacial score (nSPS) is 18.0. The number of nitrogens with one attached hydrogen (secondary N) is 2. The Bertz CT molecular complexity index is 680. The lowest BCUT2D eigenvalue weighted by Crippen LogP contribution is -2.45. The number of methoxy groups -OCH3 is 2. The minimum absolute atomic E-state index is 0.150. The lowest BCUT2D eigenvalue weighted by atomic mass is 10.1. The number of carbonyl (C=O) groups excluding carboxylic acids is 1. The highest BCUT2D eigenvalue weighted by Gasteiger charge is 2.26. The third-order valence-corrected chi connectivity index (χ3v) is 4.75. The average molecular weight is 393 g/mol. The van der Waals surface area contributed by atoms with Gasteiger partial charge in [-0.25, -0.2) is 0 Å². The predicted octanol–water partition coefficient (Wildman–Crippen LogP) is 1.30. The van der Waals surface area contributed by atoms with Crippen molar-refractivity contribution in [3.63, 3.8) is 0 Å². The van der Waals surface area contributed by atoms with Gasteiger partial charge in [0.15, 0.2) is 5.96 Å². The standard InChI is InChI=1S/C20H32N4O4/c1-5-19(26)24-10-9-14(13-24)23-20(21-6-2)22-12-17(25)16-11-15(27-3)7-8-18(16)28-4/h7-8,11,14,17,25H,5-6,9-10,12-13H2,1-4H3,(H2,21,22,23). The molecule has 0 spiro atoms. The summed E-state index contributed by atoms with van der Waals surface area (Å²) >= 11 is 0. The van der Waals surface area contributed by atoms with Crippen molar-refractivity contribution >= 4 is 11.9 Å². The molecule has 1 aliphatic rings. The minimum atomic E-state index is -0.831. The Kier molecular flexibility index (Phi) is 8.38. The van der Waals surface area contributed by atoms with Crippen molar-refractivity contribution in [3.05, 3.63) is 23.8 Å². The Morgan fingerprint density at radius 2 is 2.14 bits per heavy atom. The Hall–Kier alpha value is -2.48. The first-order chi connectivity index (χ1) is 13.5. The molecule has 1 aliphatic heterocycles. The molecule has 2 atom stereocenters. The van der Waals surface area contributed by atoms with Crippen LogP contribution in [-0.2, 0) is 4.79 Å². The number of ether oxygens (including phenoxy) is 2. The smallest absolute Gasteiger partial charge is 0.222 e. The largest absolute Gasteiger partial charge is 0.497 e. The summed E-state index contributed by atoms with van der Waals surface area (Å²) in [5.41, 5.74) is 0.627. The van der Waals surface area contributed by atoms with Crippen LogP contribution in [-0.4, -0.2) is 68.3 Å². The molecule has 3 N–H and O–H groups in total. The summed E-state index contributed by atoms with van der Waals surface area (Å²) < 4.78 is 10.6. The molecule has 8 nitrogen and oxygen atoms in total. The molecule has 1 heterocycles. The molecule has 1 aromatic carbocycles. The van der Waals surface area contributed by atoms with Crippen LogP contribution in [0.3, 0.4) is 0 Å². The van der Waals surface area contributed by atoms with Crippen LogP contribution in [0.15, 0.2) is 23.2 Å². The molecule has 0 aromatic heterocycles. The quantitative estimate of drug-likeness (QED) is 0.456. The Labute approximate surface area is 166 Å². The molecule has 1 amide bonds. The minimum Gasteiger partial charge on any atom is -0.497 e. The summed E-state index contributed by atoms with van der Waals surface area (Å²) in [5.74, 6) is 2.03. The molecule has 0 bridgehead atoms. The van der Waals surface area contributed by atoms with Gasteiger partial charge in [0.2, 0.25) is 5.91 Å². The Balaban J connectivity index is 2.03. The first-order valence-electron chi connectivity index (χ1n) is 9.74. The van der Waals surface area contributed by atoms with E-state index < -0.39 is 6.10 Å². The van der Waals surface area contributed by atoms with Gasteiger partial charge in [0, 0.05) is 37.7 Å². The summed E-state index contributed by atoms with van der Waals surface area (Å²) in [7, 11) is 3.15. The SMILES string of the molecule is CCNC(=NCC(O)c1cc(OC)ccc1OC)NC1CCN(C(=O)CC)C1. The highest BCUT2D eigenvalue weighted by atomic mass is 16.5. The van der Waals surface area contributed by atoms with Crippen LogP contribution in [0, 0.1) is 0 Å². The van der Waals surface area contributed by atoms with Crippen LogP contribution in [0.2, 0.25) is 0 Å². The lowest BCUT2D eigenvalue weighted by molar-refractivity contribution is -0.129. The highest BCUT2D eigenvalue weighted by molar-refractivity contribution is 5.80. The van der Waals surface area contributed by atoms with E-state index in [1.807, 2.05) is 18.7 Å². The van der Waals surface area contributed by atoms with Gasteiger partial charge in [0.05, 0.1) is 20.8 Å². The van der Waals surface area contributed by atoms with Gasteiger partial charge in [-0.3, -0.25) is 9.79 Å². The van der Waals surface area contributed by atoms with Crippen LogP contribution < -0.4 is 20.1 Å². The molecule has 0 saturated carbocycles. The van der Waals surface area contributed by atoms with Crippen LogP contribution in [0.4, 0.5) is 0 Å². The lowest BCUT2D eigenvalue weighted by Gasteiger charge is -2.19. The number of rotatable bonds is 8. The van der Waals surface area contributed by atoms with E-state index >= 15 is 0 Å². The Morgan fingerprint density at radius 3 is 2.79 bits per heavy atom.